The number of hydrogen-bond donors (Lipinski definition) is 2. The predicted octanol–water partition coefficient (Wildman–Crippen LogP) is 0.0674. The van der Waals surface area contributed by atoms with E-state index in [1.54, 1.807) is 23.4 Å². The van der Waals surface area contributed by atoms with Gasteiger partial charge in [0.1, 0.15) is 13.1 Å². The summed E-state index contributed by atoms with van der Waals surface area (Å²) < 4.78 is 0. The second-order valence-corrected chi connectivity index (χ2v) is 6.38. The largest absolute Gasteiger partial charge is 0.349 e. The fourth-order valence-corrected chi connectivity index (χ4v) is 3.32. The fourth-order valence-electron chi connectivity index (χ4n) is 3.32. The second kappa shape index (κ2) is 7.45. The lowest BCUT2D eigenvalue weighted by Crippen LogP contribution is -2.41. The summed E-state index contributed by atoms with van der Waals surface area (Å²) >= 11 is 0. The first-order valence-electron chi connectivity index (χ1n) is 8.47. The van der Waals surface area contributed by atoms with Crippen LogP contribution in [0.1, 0.15) is 19.8 Å². The van der Waals surface area contributed by atoms with Crippen LogP contribution in [-0.4, -0.2) is 69.8 Å². The van der Waals surface area contributed by atoms with E-state index in [0.717, 1.165) is 12.8 Å². The highest BCUT2D eigenvalue weighted by molar-refractivity contribution is 6.03. The highest BCUT2D eigenvalue weighted by atomic mass is 16.2. The summed E-state index contributed by atoms with van der Waals surface area (Å²) in [7, 11) is 0. The number of imide groups is 1. The minimum absolute atomic E-state index is 0.0592. The Kier molecular flexibility index (Phi) is 5.11. The number of nitrogens with zero attached hydrogens (tertiary/aromatic N) is 4. The number of urea groups is 1. The summed E-state index contributed by atoms with van der Waals surface area (Å²) in [4.78, 5) is 46.7. The van der Waals surface area contributed by atoms with E-state index in [-0.39, 0.29) is 30.9 Å². The molecule has 0 unspecified atom stereocenters. The Labute approximate surface area is 145 Å². The van der Waals surface area contributed by atoms with Crippen LogP contribution in [0.5, 0.6) is 0 Å². The number of carbonyl (C=O) groups excluding carboxylic acids is 3. The van der Waals surface area contributed by atoms with E-state index in [4.69, 9.17) is 0 Å². The number of nitrogens with one attached hydrogen (secondary N) is 2. The van der Waals surface area contributed by atoms with E-state index in [1.165, 1.54) is 4.90 Å². The maximum Gasteiger partial charge on any atom is 0.325 e. The molecule has 1 aromatic rings. The van der Waals surface area contributed by atoms with Crippen LogP contribution in [0.2, 0.25) is 0 Å². The number of likely N-dealkylation sites (tertiary alicyclic amines) is 1. The third-order valence-electron chi connectivity index (χ3n) is 4.53. The smallest absolute Gasteiger partial charge is 0.325 e. The van der Waals surface area contributed by atoms with Crippen molar-refractivity contribution in [2.24, 2.45) is 5.92 Å². The summed E-state index contributed by atoms with van der Waals surface area (Å²) in [5.74, 6) is 0.326. The molecule has 2 aliphatic rings. The molecule has 0 bridgehead atoms. The summed E-state index contributed by atoms with van der Waals surface area (Å²) in [5, 5.41) is 5.49. The molecule has 2 atom stereocenters. The Morgan fingerprint density at radius 2 is 2.08 bits per heavy atom. The van der Waals surface area contributed by atoms with Crippen molar-refractivity contribution >= 4 is 23.8 Å². The van der Waals surface area contributed by atoms with E-state index in [1.807, 2.05) is 0 Å². The quantitative estimate of drug-likeness (QED) is 0.706. The topological polar surface area (TPSA) is 108 Å². The van der Waals surface area contributed by atoms with E-state index in [9.17, 15) is 14.4 Å². The molecule has 2 fully saturated rings. The maximum atomic E-state index is 12.5. The molecule has 0 spiro atoms. The number of aromatic nitrogens is 2. The van der Waals surface area contributed by atoms with Gasteiger partial charge in [0.05, 0.1) is 6.04 Å². The van der Waals surface area contributed by atoms with E-state index in [0.29, 0.717) is 25.0 Å². The summed E-state index contributed by atoms with van der Waals surface area (Å²) in [6.07, 6.45) is 5.34. The summed E-state index contributed by atoms with van der Waals surface area (Å²) in [6, 6.07) is 1.32. The minimum atomic E-state index is -0.505. The zero-order valence-corrected chi connectivity index (χ0v) is 14.1. The molecular weight excluding hydrogens is 324 g/mol. The van der Waals surface area contributed by atoms with Crippen molar-refractivity contribution in [3.63, 3.8) is 0 Å². The average molecular weight is 346 g/mol. The summed E-state index contributed by atoms with van der Waals surface area (Å²) in [6.45, 7) is 3.13. The molecule has 4 amide bonds. The van der Waals surface area contributed by atoms with Gasteiger partial charge in [-0.3, -0.25) is 14.9 Å². The van der Waals surface area contributed by atoms with Gasteiger partial charge < -0.3 is 15.1 Å². The van der Waals surface area contributed by atoms with Crippen molar-refractivity contribution in [2.45, 2.75) is 25.8 Å². The number of carbonyl (C=O) groups is 3. The fraction of sp³-hybridized carbons (Fsp3) is 0.562. The van der Waals surface area contributed by atoms with Crippen LogP contribution in [-0.2, 0) is 9.59 Å². The third-order valence-corrected chi connectivity index (χ3v) is 4.53. The molecular formula is C16H22N6O3. The van der Waals surface area contributed by atoms with E-state index >= 15 is 0 Å². The molecule has 2 N–H and O–H groups in total. The molecule has 0 radical (unpaired) electrons. The standard InChI is InChI=1S/C16H22N6O3/c1-2-4-11-7-21(8-12(11)19-15-17-5-3-6-18-15)14(24)10-22-9-13(23)20-16(22)25/h3,5-6,11-12H,2,4,7-10H2,1H3,(H,17,18,19)(H,20,23,25)/t11-,12-/m0/s1. The lowest BCUT2D eigenvalue weighted by atomic mass is 9.98. The Bertz CT molecular complexity index is 653. The van der Waals surface area contributed by atoms with Crippen LogP contribution < -0.4 is 10.6 Å². The SMILES string of the molecule is CCC[C@H]1CN(C(=O)CN2CC(=O)NC2=O)C[C@@H]1Nc1ncccn1. The first-order valence-corrected chi connectivity index (χ1v) is 8.47. The van der Waals surface area contributed by atoms with Crippen molar-refractivity contribution in [1.29, 1.82) is 0 Å². The molecule has 0 aliphatic carbocycles. The molecule has 3 rings (SSSR count). The molecule has 0 saturated carbocycles. The van der Waals surface area contributed by atoms with Crippen LogP contribution in [0.25, 0.3) is 0 Å². The number of hydrogen-bond acceptors (Lipinski definition) is 6. The van der Waals surface area contributed by atoms with Gasteiger partial charge in [0, 0.05) is 25.5 Å². The Morgan fingerprint density at radius 3 is 2.72 bits per heavy atom. The molecule has 2 saturated heterocycles. The second-order valence-electron chi connectivity index (χ2n) is 6.38. The van der Waals surface area contributed by atoms with Crippen LogP contribution in [0.3, 0.4) is 0 Å². The van der Waals surface area contributed by atoms with Gasteiger partial charge in [-0.05, 0) is 18.4 Å². The first kappa shape index (κ1) is 17.1. The van der Waals surface area contributed by atoms with Gasteiger partial charge in [-0.15, -0.1) is 0 Å². The molecule has 9 nitrogen and oxygen atoms in total. The van der Waals surface area contributed by atoms with Crippen molar-refractivity contribution in [3.8, 4) is 0 Å². The van der Waals surface area contributed by atoms with Gasteiger partial charge in [-0.2, -0.15) is 0 Å². The van der Waals surface area contributed by atoms with Crippen LogP contribution in [0, 0.1) is 5.92 Å². The lowest BCUT2D eigenvalue weighted by molar-refractivity contribution is -0.130. The van der Waals surface area contributed by atoms with E-state index in [2.05, 4.69) is 27.5 Å². The molecule has 0 aromatic carbocycles. The normalized spacial score (nSPS) is 23.1. The van der Waals surface area contributed by atoms with Crippen LogP contribution >= 0.6 is 0 Å². The Balaban J connectivity index is 1.61. The molecule has 2 aliphatic heterocycles. The van der Waals surface area contributed by atoms with Gasteiger partial charge in [0.2, 0.25) is 17.8 Å². The minimum Gasteiger partial charge on any atom is -0.349 e. The van der Waals surface area contributed by atoms with Crippen molar-refractivity contribution in [1.82, 2.24) is 25.1 Å². The zero-order chi connectivity index (χ0) is 17.8. The van der Waals surface area contributed by atoms with Gasteiger partial charge in [0.15, 0.2) is 0 Å². The van der Waals surface area contributed by atoms with Crippen molar-refractivity contribution < 1.29 is 14.4 Å². The number of anilines is 1. The van der Waals surface area contributed by atoms with Gasteiger partial charge >= 0.3 is 6.03 Å². The zero-order valence-electron chi connectivity index (χ0n) is 14.1. The maximum absolute atomic E-state index is 12.5. The van der Waals surface area contributed by atoms with Crippen molar-refractivity contribution in [3.05, 3.63) is 18.5 Å². The number of rotatable bonds is 6. The molecule has 1 aromatic heterocycles. The van der Waals surface area contributed by atoms with Crippen LogP contribution in [0.15, 0.2) is 18.5 Å². The summed E-state index contributed by atoms with van der Waals surface area (Å²) in [5.41, 5.74) is 0. The molecule has 3 heterocycles. The molecule has 25 heavy (non-hydrogen) atoms. The van der Waals surface area contributed by atoms with Gasteiger partial charge in [0.25, 0.3) is 0 Å². The predicted molar refractivity (Wildman–Crippen MR) is 89.5 cm³/mol. The first-order chi connectivity index (χ1) is 12.1. The monoisotopic (exact) mass is 346 g/mol. The Morgan fingerprint density at radius 1 is 1.32 bits per heavy atom. The number of amides is 4. The molecule has 134 valence electrons. The van der Waals surface area contributed by atoms with E-state index < -0.39 is 6.03 Å². The molecule has 9 heteroatoms. The highest BCUT2D eigenvalue weighted by Gasteiger charge is 2.37. The van der Waals surface area contributed by atoms with Gasteiger partial charge in [-0.1, -0.05) is 13.3 Å². The van der Waals surface area contributed by atoms with Gasteiger partial charge in [-0.25, -0.2) is 14.8 Å². The lowest BCUT2D eigenvalue weighted by Gasteiger charge is -2.20. The Hall–Kier alpha value is -2.71. The average Bonchev–Trinajstić information content (AvgIpc) is 3.12. The third kappa shape index (κ3) is 4.04. The van der Waals surface area contributed by atoms with Crippen molar-refractivity contribution in [2.75, 3.05) is 31.5 Å². The highest BCUT2D eigenvalue weighted by Crippen LogP contribution is 2.24. The van der Waals surface area contributed by atoms with Crippen LogP contribution in [0.4, 0.5) is 10.7 Å².